The van der Waals surface area contributed by atoms with Gasteiger partial charge in [-0.2, -0.15) is 0 Å². The van der Waals surface area contributed by atoms with Crippen molar-refractivity contribution in [2.75, 3.05) is 0 Å². The highest BCUT2D eigenvalue weighted by atomic mass is 14.5. The second kappa shape index (κ2) is 3.16. The van der Waals surface area contributed by atoms with Crippen molar-refractivity contribution in [3.05, 3.63) is 0 Å². The molecule has 2 fully saturated rings. The van der Waals surface area contributed by atoms with E-state index >= 15 is 0 Å². The van der Waals surface area contributed by atoms with E-state index in [2.05, 4.69) is 6.92 Å². The molecular weight excluding hydrogens is 132 g/mol. The molecule has 0 aliphatic heterocycles. The van der Waals surface area contributed by atoms with Crippen LogP contribution in [0.25, 0.3) is 0 Å². The van der Waals surface area contributed by atoms with Crippen LogP contribution in [0.15, 0.2) is 0 Å². The Morgan fingerprint density at radius 3 is 2.55 bits per heavy atom. The maximum atomic E-state index is 2.30. The van der Waals surface area contributed by atoms with E-state index < -0.39 is 0 Å². The van der Waals surface area contributed by atoms with E-state index in [-0.39, 0.29) is 0 Å². The lowest BCUT2D eigenvalue weighted by molar-refractivity contribution is -0.0305. The molecule has 2 saturated carbocycles. The predicted octanol–water partition coefficient (Wildman–Crippen LogP) is 3.61. The Labute approximate surface area is 70.4 Å². The predicted molar refractivity (Wildman–Crippen MR) is 48.5 cm³/mol. The van der Waals surface area contributed by atoms with Crippen molar-refractivity contribution >= 4 is 0 Å². The summed E-state index contributed by atoms with van der Waals surface area (Å²) in [5.41, 5.74) is 0. The molecule has 0 radical (unpaired) electrons. The van der Waals surface area contributed by atoms with E-state index in [1.54, 1.807) is 25.7 Å². The number of fused-ring (bicyclic) bond motifs is 1. The smallest absolute Gasteiger partial charge is 0.0357 e. The topological polar surface area (TPSA) is 0 Å². The Morgan fingerprint density at radius 2 is 2.09 bits per heavy atom. The van der Waals surface area contributed by atoms with Crippen LogP contribution in [0, 0.1) is 17.8 Å². The number of rotatable bonds is 4. The third-order valence-corrected chi connectivity index (χ3v) is 3.87. The van der Waals surface area contributed by atoms with Gasteiger partial charge in [-0.3, -0.25) is 0 Å². The molecule has 3 atom stereocenters. The Hall–Kier alpha value is 0. The van der Waals surface area contributed by atoms with Crippen molar-refractivity contribution < 1.29 is 0 Å². The molecule has 0 amide bonds. The van der Waals surface area contributed by atoms with Gasteiger partial charge in [-0.15, -0.1) is 0 Å². The molecule has 0 nitrogen and oxygen atoms in total. The van der Waals surface area contributed by atoms with E-state index in [0.717, 1.165) is 0 Å². The van der Waals surface area contributed by atoms with E-state index in [0.29, 0.717) is 0 Å². The molecule has 2 rings (SSSR count). The van der Waals surface area contributed by atoms with Crippen LogP contribution in [0.3, 0.4) is 0 Å². The van der Waals surface area contributed by atoms with Crippen LogP contribution in [-0.4, -0.2) is 0 Å². The number of hydrogen-bond donors (Lipinski definition) is 0. The van der Waals surface area contributed by atoms with Crippen molar-refractivity contribution in [1.82, 2.24) is 0 Å². The summed E-state index contributed by atoms with van der Waals surface area (Å²) in [4.78, 5) is 0. The monoisotopic (exact) mass is 152 g/mol. The molecule has 0 spiro atoms. The minimum absolute atomic E-state index is 1.17. The van der Waals surface area contributed by atoms with Crippen LogP contribution in [0.1, 0.15) is 51.9 Å². The summed E-state index contributed by atoms with van der Waals surface area (Å²) in [6.45, 7) is 2.30. The van der Waals surface area contributed by atoms with E-state index in [9.17, 15) is 0 Å². The van der Waals surface area contributed by atoms with Gasteiger partial charge in [0.2, 0.25) is 0 Å². The normalized spacial score (nSPS) is 40.6. The van der Waals surface area contributed by atoms with Crippen molar-refractivity contribution in [3.63, 3.8) is 0 Å². The van der Waals surface area contributed by atoms with Gasteiger partial charge in [0, 0.05) is 0 Å². The average molecular weight is 152 g/mol. The van der Waals surface area contributed by atoms with Crippen molar-refractivity contribution in [1.29, 1.82) is 0 Å². The third kappa shape index (κ3) is 1.32. The number of unbranched alkanes of at least 4 members (excludes halogenated alkanes) is 2. The average Bonchev–Trinajstić information content (AvgIpc) is 1.98. The van der Waals surface area contributed by atoms with Gasteiger partial charge in [-0.05, 0) is 37.0 Å². The molecule has 2 aliphatic rings. The van der Waals surface area contributed by atoms with Gasteiger partial charge < -0.3 is 0 Å². The molecule has 0 aromatic rings. The first-order valence-corrected chi connectivity index (χ1v) is 5.42. The first-order valence-electron chi connectivity index (χ1n) is 5.42. The lowest BCUT2D eigenvalue weighted by Crippen LogP contribution is -2.44. The van der Waals surface area contributed by atoms with Crippen molar-refractivity contribution in [3.8, 4) is 0 Å². The molecule has 0 heteroatoms. The van der Waals surface area contributed by atoms with Gasteiger partial charge >= 0.3 is 0 Å². The highest BCUT2D eigenvalue weighted by molar-refractivity contribution is 4.96. The van der Waals surface area contributed by atoms with Crippen molar-refractivity contribution in [2.24, 2.45) is 17.8 Å². The summed E-state index contributed by atoms with van der Waals surface area (Å²) in [5, 5.41) is 0. The highest BCUT2D eigenvalue weighted by Gasteiger charge is 2.45. The Morgan fingerprint density at radius 1 is 1.18 bits per heavy atom. The van der Waals surface area contributed by atoms with Crippen LogP contribution in [0.4, 0.5) is 0 Å². The van der Waals surface area contributed by atoms with Gasteiger partial charge in [-0.1, -0.05) is 32.6 Å². The summed E-state index contributed by atoms with van der Waals surface area (Å²) in [5.74, 6) is 3.56. The van der Waals surface area contributed by atoms with E-state index in [1.165, 1.54) is 37.0 Å². The second-order valence-corrected chi connectivity index (χ2v) is 4.49. The fraction of sp³-hybridized carbons (Fsp3) is 1.00. The summed E-state index contributed by atoms with van der Waals surface area (Å²) in [6.07, 6.45) is 10.6. The summed E-state index contributed by atoms with van der Waals surface area (Å²) in [6, 6.07) is 0. The minimum atomic E-state index is 1.17. The molecule has 0 aromatic carbocycles. The first kappa shape index (κ1) is 7.64. The SMILES string of the molecule is CCCCCC1CC2CCC12. The molecule has 0 heterocycles. The van der Waals surface area contributed by atoms with Crippen LogP contribution < -0.4 is 0 Å². The van der Waals surface area contributed by atoms with Crippen LogP contribution in [0.2, 0.25) is 0 Å². The largest absolute Gasteiger partial charge is 0.0654 e. The maximum absolute atomic E-state index is 2.30. The first-order chi connectivity index (χ1) is 5.42. The fourth-order valence-corrected chi connectivity index (χ4v) is 2.86. The van der Waals surface area contributed by atoms with E-state index in [1.807, 2.05) is 0 Å². The van der Waals surface area contributed by atoms with Crippen molar-refractivity contribution in [2.45, 2.75) is 51.9 Å². The van der Waals surface area contributed by atoms with Gasteiger partial charge in [0.05, 0.1) is 0 Å². The molecular formula is C11H20. The standard InChI is InChI=1S/C11H20/c1-2-3-4-5-9-8-10-6-7-11(9)10/h9-11H,2-8H2,1H3. The van der Waals surface area contributed by atoms with Gasteiger partial charge in [-0.25, -0.2) is 0 Å². The summed E-state index contributed by atoms with van der Waals surface area (Å²) >= 11 is 0. The maximum Gasteiger partial charge on any atom is -0.0357 e. The molecule has 0 N–H and O–H groups in total. The van der Waals surface area contributed by atoms with Crippen LogP contribution in [0.5, 0.6) is 0 Å². The lowest BCUT2D eigenvalue weighted by atomic mass is 9.52. The van der Waals surface area contributed by atoms with Gasteiger partial charge in [0.1, 0.15) is 0 Å². The highest BCUT2D eigenvalue weighted by Crippen LogP contribution is 2.55. The zero-order chi connectivity index (χ0) is 7.68. The molecule has 2 aliphatic carbocycles. The lowest BCUT2D eigenvalue weighted by Gasteiger charge is -2.53. The molecule has 0 aromatic heterocycles. The summed E-state index contributed by atoms with van der Waals surface area (Å²) in [7, 11) is 0. The Balaban J connectivity index is 1.58. The molecule has 64 valence electrons. The molecule has 0 saturated heterocycles. The third-order valence-electron chi connectivity index (χ3n) is 3.87. The molecule has 0 bridgehead atoms. The van der Waals surface area contributed by atoms with E-state index in [4.69, 9.17) is 0 Å². The number of hydrogen-bond acceptors (Lipinski definition) is 0. The zero-order valence-electron chi connectivity index (χ0n) is 7.68. The van der Waals surface area contributed by atoms with Crippen LogP contribution >= 0.6 is 0 Å². The molecule has 3 unspecified atom stereocenters. The minimum Gasteiger partial charge on any atom is -0.0654 e. The molecule has 11 heavy (non-hydrogen) atoms. The van der Waals surface area contributed by atoms with Gasteiger partial charge in [0.15, 0.2) is 0 Å². The van der Waals surface area contributed by atoms with Crippen LogP contribution in [-0.2, 0) is 0 Å². The second-order valence-electron chi connectivity index (χ2n) is 4.49. The van der Waals surface area contributed by atoms with Gasteiger partial charge in [0.25, 0.3) is 0 Å². The Kier molecular flexibility index (Phi) is 2.20. The quantitative estimate of drug-likeness (QED) is 0.540. The summed E-state index contributed by atoms with van der Waals surface area (Å²) < 4.78 is 0. The fourth-order valence-electron chi connectivity index (χ4n) is 2.86. The zero-order valence-corrected chi connectivity index (χ0v) is 7.68. The Bertz CT molecular complexity index is 128.